The van der Waals surface area contributed by atoms with E-state index in [-0.39, 0.29) is 29.7 Å². The van der Waals surface area contributed by atoms with Crippen molar-refractivity contribution in [3.05, 3.63) is 35.6 Å². The van der Waals surface area contributed by atoms with E-state index in [2.05, 4.69) is 31.0 Å². The van der Waals surface area contributed by atoms with Crippen molar-refractivity contribution < 1.29 is 4.39 Å². The van der Waals surface area contributed by atoms with Gasteiger partial charge in [-0.15, -0.1) is 12.4 Å². The summed E-state index contributed by atoms with van der Waals surface area (Å²) < 4.78 is 13.5. The van der Waals surface area contributed by atoms with E-state index in [1.54, 1.807) is 6.07 Å². The molecule has 1 N–H and O–H groups in total. The Bertz CT molecular complexity index is 397. The molecular formula is C15H24ClFN2. The first-order chi connectivity index (χ1) is 8.48. The Morgan fingerprint density at radius 3 is 2.37 bits per heavy atom. The summed E-state index contributed by atoms with van der Waals surface area (Å²) in [4.78, 5) is 2.46. The van der Waals surface area contributed by atoms with Crippen molar-refractivity contribution in [3.63, 3.8) is 0 Å². The third kappa shape index (κ3) is 4.16. The Morgan fingerprint density at radius 2 is 1.84 bits per heavy atom. The Balaban J connectivity index is 0.00000180. The Labute approximate surface area is 121 Å². The Hall–Kier alpha value is -0.640. The molecular weight excluding hydrogens is 263 g/mol. The van der Waals surface area contributed by atoms with Gasteiger partial charge in [0.05, 0.1) is 0 Å². The molecule has 19 heavy (non-hydrogen) atoms. The summed E-state index contributed by atoms with van der Waals surface area (Å²) in [7, 11) is 0. The van der Waals surface area contributed by atoms with Crippen molar-refractivity contribution in [2.75, 3.05) is 26.2 Å². The lowest BCUT2D eigenvalue weighted by Gasteiger charge is -2.42. The van der Waals surface area contributed by atoms with Crippen LogP contribution in [0.3, 0.4) is 0 Å². The Morgan fingerprint density at radius 1 is 1.21 bits per heavy atom. The van der Waals surface area contributed by atoms with Crippen LogP contribution in [0.5, 0.6) is 0 Å². The highest BCUT2D eigenvalue weighted by molar-refractivity contribution is 5.85. The summed E-state index contributed by atoms with van der Waals surface area (Å²) in [5.74, 6) is -0.142. The summed E-state index contributed by atoms with van der Waals surface area (Å²) in [5.41, 5.74) is 1.19. The van der Waals surface area contributed by atoms with E-state index in [1.807, 2.05) is 12.1 Å². The first-order valence-electron chi connectivity index (χ1n) is 6.69. The van der Waals surface area contributed by atoms with E-state index in [1.165, 1.54) is 6.07 Å². The molecule has 0 amide bonds. The van der Waals surface area contributed by atoms with E-state index >= 15 is 0 Å². The molecule has 1 saturated heterocycles. The summed E-state index contributed by atoms with van der Waals surface area (Å²) in [5, 5.41) is 3.37. The maximum atomic E-state index is 13.5. The number of benzene rings is 1. The van der Waals surface area contributed by atoms with E-state index in [9.17, 15) is 4.39 Å². The van der Waals surface area contributed by atoms with Gasteiger partial charge in [-0.1, -0.05) is 32.9 Å². The van der Waals surface area contributed by atoms with Gasteiger partial charge in [-0.2, -0.15) is 0 Å². The molecule has 1 aromatic carbocycles. The average Bonchev–Trinajstić information content (AvgIpc) is 2.28. The zero-order chi connectivity index (χ0) is 13.2. The van der Waals surface area contributed by atoms with Gasteiger partial charge in [0.2, 0.25) is 0 Å². The zero-order valence-corrected chi connectivity index (χ0v) is 12.8. The van der Waals surface area contributed by atoms with Gasteiger partial charge in [-0.25, -0.2) is 4.39 Å². The van der Waals surface area contributed by atoms with Crippen molar-refractivity contribution in [2.24, 2.45) is 5.41 Å². The number of halogens is 2. The summed E-state index contributed by atoms with van der Waals surface area (Å²) in [6.07, 6.45) is 0. The molecule has 1 aliphatic rings. The zero-order valence-electron chi connectivity index (χ0n) is 11.9. The fourth-order valence-electron chi connectivity index (χ4n) is 2.88. The van der Waals surface area contributed by atoms with Gasteiger partial charge in [0.1, 0.15) is 5.82 Å². The van der Waals surface area contributed by atoms with Gasteiger partial charge in [-0.3, -0.25) is 4.90 Å². The van der Waals surface area contributed by atoms with Crippen molar-refractivity contribution in [1.29, 1.82) is 0 Å². The van der Waals surface area contributed by atoms with Gasteiger partial charge in [0.25, 0.3) is 0 Å². The highest BCUT2D eigenvalue weighted by Crippen LogP contribution is 2.38. The summed E-state index contributed by atoms with van der Waals surface area (Å²) in [6, 6.07) is 7.32. The molecule has 2 rings (SSSR count). The van der Waals surface area contributed by atoms with Gasteiger partial charge < -0.3 is 5.32 Å². The predicted octanol–water partition coefficient (Wildman–Crippen LogP) is 3.24. The first kappa shape index (κ1) is 16.4. The fraction of sp³-hybridized carbons (Fsp3) is 0.600. The molecule has 1 aliphatic heterocycles. The second kappa shape index (κ2) is 6.69. The summed E-state index contributed by atoms with van der Waals surface area (Å²) >= 11 is 0. The molecule has 0 unspecified atom stereocenters. The minimum Gasteiger partial charge on any atom is -0.314 e. The third-order valence-electron chi connectivity index (χ3n) is 3.50. The number of hydrogen-bond donors (Lipinski definition) is 1. The quantitative estimate of drug-likeness (QED) is 0.898. The highest BCUT2D eigenvalue weighted by atomic mass is 35.5. The molecule has 2 nitrogen and oxygen atoms in total. The first-order valence-corrected chi connectivity index (χ1v) is 6.69. The predicted molar refractivity (Wildman–Crippen MR) is 80.3 cm³/mol. The van der Waals surface area contributed by atoms with Crippen LogP contribution in [0.4, 0.5) is 4.39 Å². The standard InChI is InChI=1S/C15H23FN2.ClH/c1-15(2,3)14(18-9-7-17-8-10-18)12-5-4-6-13(16)11-12;/h4-6,11,14,17H,7-10H2,1-3H3;1H/t14-;/m1./s1. The van der Waals surface area contributed by atoms with Crippen LogP contribution in [0.25, 0.3) is 0 Å². The lowest BCUT2D eigenvalue weighted by atomic mass is 9.81. The number of hydrogen-bond acceptors (Lipinski definition) is 2. The minimum absolute atomic E-state index is 0. The maximum absolute atomic E-state index is 13.5. The normalized spacial score (nSPS) is 18.7. The van der Waals surface area contributed by atoms with Crippen LogP contribution in [0.2, 0.25) is 0 Å². The molecule has 4 heteroatoms. The van der Waals surface area contributed by atoms with Gasteiger partial charge in [0, 0.05) is 32.2 Å². The van der Waals surface area contributed by atoms with Crippen molar-refractivity contribution >= 4 is 12.4 Å². The van der Waals surface area contributed by atoms with Gasteiger partial charge in [-0.05, 0) is 23.1 Å². The van der Waals surface area contributed by atoms with Crippen LogP contribution < -0.4 is 5.32 Å². The van der Waals surface area contributed by atoms with Crippen LogP contribution in [0, 0.1) is 11.2 Å². The fourth-order valence-corrected chi connectivity index (χ4v) is 2.88. The number of rotatable bonds is 2. The molecule has 1 aromatic rings. The number of piperazine rings is 1. The van der Waals surface area contributed by atoms with Crippen LogP contribution in [-0.4, -0.2) is 31.1 Å². The van der Waals surface area contributed by atoms with E-state index < -0.39 is 0 Å². The topological polar surface area (TPSA) is 15.3 Å². The molecule has 0 aliphatic carbocycles. The highest BCUT2D eigenvalue weighted by Gasteiger charge is 2.32. The molecule has 0 aromatic heterocycles. The van der Waals surface area contributed by atoms with Crippen LogP contribution in [-0.2, 0) is 0 Å². The van der Waals surface area contributed by atoms with Crippen molar-refractivity contribution in [1.82, 2.24) is 10.2 Å². The van der Waals surface area contributed by atoms with Gasteiger partial charge >= 0.3 is 0 Å². The Kier molecular flexibility index (Phi) is 5.78. The lowest BCUT2D eigenvalue weighted by Crippen LogP contribution is -2.48. The largest absolute Gasteiger partial charge is 0.314 e. The molecule has 1 fully saturated rings. The molecule has 108 valence electrons. The van der Waals surface area contributed by atoms with Crippen LogP contribution in [0.1, 0.15) is 32.4 Å². The van der Waals surface area contributed by atoms with E-state index in [0.29, 0.717) is 0 Å². The molecule has 0 bridgehead atoms. The second-order valence-electron chi connectivity index (χ2n) is 6.11. The molecule has 0 radical (unpaired) electrons. The smallest absolute Gasteiger partial charge is 0.123 e. The number of nitrogens with one attached hydrogen (secondary N) is 1. The number of nitrogens with zero attached hydrogens (tertiary/aromatic N) is 1. The van der Waals surface area contributed by atoms with Crippen molar-refractivity contribution in [2.45, 2.75) is 26.8 Å². The van der Waals surface area contributed by atoms with E-state index in [4.69, 9.17) is 0 Å². The molecule has 0 saturated carbocycles. The van der Waals surface area contributed by atoms with Crippen molar-refractivity contribution in [3.8, 4) is 0 Å². The van der Waals surface area contributed by atoms with Crippen LogP contribution in [0.15, 0.2) is 24.3 Å². The molecule has 1 heterocycles. The second-order valence-corrected chi connectivity index (χ2v) is 6.11. The minimum atomic E-state index is -0.142. The third-order valence-corrected chi connectivity index (χ3v) is 3.50. The lowest BCUT2D eigenvalue weighted by molar-refractivity contribution is 0.0860. The molecule has 0 spiro atoms. The van der Waals surface area contributed by atoms with E-state index in [0.717, 1.165) is 31.7 Å². The van der Waals surface area contributed by atoms with Crippen LogP contribution >= 0.6 is 12.4 Å². The summed E-state index contributed by atoms with van der Waals surface area (Å²) in [6.45, 7) is 10.8. The monoisotopic (exact) mass is 286 g/mol. The average molecular weight is 287 g/mol. The molecule has 1 atom stereocenters. The van der Waals surface area contributed by atoms with Gasteiger partial charge in [0.15, 0.2) is 0 Å². The SMILES string of the molecule is CC(C)(C)[C@@H](c1cccc(F)c1)N1CCNCC1.Cl. The maximum Gasteiger partial charge on any atom is 0.123 e.